The molecule has 8 heteroatoms. The minimum atomic E-state index is -3.71. The maximum absolute atomic E-state index is 12.1. The molecule has 1 aromatic rings. The average molecular weight is 316 g/mol. The number of nitrogens with one attached hydrogen (secondary N) is 1. The summed E-state index contributed by atoms with van der Waals surface area (Å²) in [6.07, 6.45) is 3.69. The molecule has 2 rings (SSSR count). The number of nitrogens with zero attached hydrogens (tertiary/aromatic N) is 1. The molecule has 1 fully saturated rings. The van der Waals surface area contributed by atoms with E-state index in [1.54, 1.807) is 6.92 Å². The lowest BCUT2D eigenvalue weighted by Gasteiger charge is -2.06. The van der Waals surface area contributed by atoms with Gasteiger partial charge in [-0.2, -0.15) is 0 Å². The van der Waals surface area contributed by atoms with E-state index >= 15 is 0 Å². The second kappa shape index (κ2) is 6.17. The molecule has 3 N–H and O–H groups in total. The maximum Gasteiger partial charge on any atom is 0.352 e. The molecule has 21 heavy (non-hydrogen) atoms. The van der Waals surface area contributed by atoms with E-state index in [0.717, 1.165) is 12.8 Å². The van der Waals surface area contributed by atoms with Gasteiger partial charge in [-0.3, -0.25) is 0 Å². The number of carboxylic acid groups (broad SMARTS) is 1. The van der Waals surface area contributed by atoms with Crippen LogP contribution in [0.4, 0.5) is 0 Å². The van der Waals surface area contributed by atoms with Crippen molar-refractivity contribution in [1.29, 1.82) is 0 Å². The number of aromatic carboxylic acids is 1. The minimum Gasteiger partial charge on any atom is -0.477 e. The van der Waals surface area contributed by atoms with Crippen LogP contribution in [-0.2, 0) is 10.0 Å². The molecule has 1 atom stereocenters. The summed E-state index contributed by atoms with van der Waals surface area (Å²) in [5.41, 5.74) is 0.00172. The summed E-state index contributed by atoms with van der Waals surface area (Å²) >= 11 is 0. The summed E-state index contributed by atoms with van der Waals surface area (Å²) in [5, 5.41) is 18.3. The van der Waals surface area contributed by atoms with Crippen molar-refractivity contribution in [2.45, 2.75) is 49.6 Å². The predicted molar refractivity (Wildman–Crippen MR) is 75.8 cm³/mol. The normalized spacial score (nSPS) is 16.9. The van der Waals surface area contributed by atoms with Crippen LogP contribution in [0.5, 0.6) is 0 Å². The van der Waals surface area contributed by atoms with E-state index in [1.165, 1.54) is 16.8 Å². The Bertz CT molecular complexity index is 617. The standard InChI is InChI=1S/C13H20N2O5S/c1-9(16)3-2-6-14-21(19,20)11-7-12(13(17)18)15(8-11)10-4-5-10/h7-10,14,16H,2-6H2,1H3,(H,17,18). The van der Waals surface area contributed by atoms with Crippen LogP contribution in [0.1, 0.15) is 49.1 Å². The van der Waals surface area contributed by atoms with Crippen LogP contribution in [0.25, 0.3) is 0 Å². The predicted octanol–water partition coefficient (Wildman–Crippen LogP) is 0.960. The Morgan fingerprint density at radius 3 is 2.71 bits per heavy atom. The molecule has 0 aliphatic heterocycles. The molecule has 1 aliphatic rings. The summed E-state index contributed by atoms with van der Waals surface area (Å²) in [4.78, 5) is 11.1. The summed E-state index contributed by atoms with van der Waals surface area (Å²) in [5.74, 6) is -1.13. The quantitative estimate of drug-likeness (QED) is 0.619. The van der Waals surface area contributed by atoms with Gasteiger partial charge in [0.1, 0.15) is 10.6 Å². The number of aromatic nitrogens is 1. The van der Waals surface area contributed by atoms with Gasteiger partial charge in [0.2, 0.25) is 10.0 Å². The van der Waals surface area contributed by atoms with Gasteiger partial charge in [0.15, 0.2) is 0 Å². The van der Waals surface area contributed by atoms with Crippen molar-refractivity contribution in [3.05, 3.63) is 18.0 Å². The third-order valence-electron chi connectivity index (χ3n) is 3.38. The van der Waals surface area contributed by atoms with Crippen molar-refractivity contribution in [3.63, 3.8) is 0 Å². The molecule has 0 aromatic carbocycles. The Kier molecular flexibility index (Phi) is 4.70. The number of aliphatic hydroxyl groups excluding tert-OH is 1. The van der Waals surface area contributed by atoms with E-state index in [0.29, 0.717) is 12.8 Å². The van der Waals surface area contributed by atoms with Gasteiger partial charge in [0, 0.05) is 18.8 Å². The van der Waals surface area contributed by atoms with Gasteiger partial charge in [-0.15, -0.1) is 0 Å². The molecule has 0 bridgehead atoms. The zero-order valence-corrected chi connectivity index (χ0v) is 12.6. The van der Waals surface area contributed by atoms with Gasteiger partial charge in [0.05, 0.1) is 6.10 Å². The number of rotatable bonds is 8. The van der Waals surface area contributed by atoms with Gasteiger partial charge in [-0.05, 0) is 38.7 Å². The smallest absolute Gasteiger partial charge is 0.352 e. The first-order valence-electron chi connectivity index (χ1n) is 6.94. The third-order valence-corrected chi connectivity index (χ3v) is 4.81. The molecule has 0 saturated heterocycles. The Morgan fingerprint density at radius 2 is 2.19 bits per heavy atom. The summed E-state index contributed by atoms with van der Waals surface area (Å²) < 4.78 is 28.2. The first kappa shape index (κ1) is 16.0. The number of carbonyl (C=O) groups is 1. The van der Waals surface area contributed by atoms with Crippen LogP contribution in [0.2, 0.25) is 0 Å². The minimum absolute atomic E-state index is 0.00172. The summed E-state index contributed by atoms with van der Waals surface area (Å²) in [6.45, 7) is 1.85. The van der Waals surface area contributed by atoms with Gasteiger partial charge >= 0.3 is 5.97 Å². The van der Waals surface area contributed by atoms with Gasteiger partial charge in [0.25, 0.3) is 0 Å². The molecule has 7 nitrogen and oxygen atoms in total. The molecule has 0 spiro atoms. The largest absolute Gasteiger partial charge is 0.477 e. The van der Waals surface area contributed by atoms with Crippen molar-refractivity contribution in [2.75, 3.05) is 6.54 Å². The molecule has 0 amide bonds. The number of aliphatic hydroxyl groups is 1. The first-order chi connectivity index (χ1) is 9.81. The number of carboxylic acids is 1. The Balaban J connectivity index is 2.09. The van der Waals surface area contributed by atoms with E-state index in [1.807, 2.05) is 0 Å². The molecule has 1 unspecified atom stereocenters. The van der Waals surface area contributed by atoms with Crippen molar-refractivity contribution in [3.8, 4) is 0 Å². The lowest BCUT2D eigenvalue weighted by atomic mass is 10.2. The molecular formula is C13H20N2O5S. The van der Waals surface area contributed by atoms with Crippen LogP contribution < -0.4 is 4.72 Å². The van der Waals surface area contributed by atoms with E-state index in [4.69, 9.17) is 10.2 Å². The Morgan fingerprint density at radius 1 is 1.52 bits per heavy atom. The summed E-state index contributed by atoms with van der Waals surface area (Å²) in [7, 11) is -3.71. The van der Waals surface area contributed by atoms with Crippen LogP contribution in [0.15, 0.2) is 17.2 Å². The van der Waals surface area contributed by atoms with Gasteiger partial charge in [-0.25, -0.2) is 17.9 Å². The molecule has 118 valence electrons. The van der Waals surface area contributed by atoms with Crippen LogP contribution in [0.3, 0.4) is 0 Å². The van der Waals surface area contributed by atoms with Crippen molar-refractivity contribution >= 4 is 16.0 Å². The highest BCUT2D eigenvalue weighted by Crippen LogP contribution is 2.37. The van der Waals surface area contributed by atoms with Crippen molar-refractivity contribution in [1.82, 2.24) is 9.29 Å². The molecule has 1 aliphatic carbocycles. The zero-order valence-electron chi connectivity index (χ0n) is 11.8. The number of hydrogen-bond donors (Lipinski definition) is 3. The molecule has 1 heterocycles. The number of hydrogen-bond acceptors (Lipinski definition) is 4. The van der Waals surface area contributed by atoms with Gasteiger partial charge < -0.3 is 14.8 Å². The highest BCUT2D eigenvalue weighted by Gasteiger charge is 2.30. The molecule has 0 radical (unpaired) electrons. The van der Waals surface area contributed by atoms with Crippen molar-refractivity contribution < 1.29 is 23.4 Å². The van der Waals surface area contributed by atoms with E-state index in [-0.39, 0.29) is 23.2 Å². The lowest BCUT2D eigenvalue weighted by molar-refractivity contribution is 0.0685. The first-order valence-corrected chi connectivity index (χ1v) is 8.42. The second-order valence-corrected chi connectivity index (χ2v) is 7.16. The topological polar surface area (TPSA) is 109 Å². The fourth-order valence-corrected chi connectivity index (χ4v) is 3.21. The SMILES string of the molecule is CC(O)CCCNS(=O)(=O)c1cc(C(=O)O)n(C2CC2)c1. The maximum atomic E-state index is 12.1. The molecule has 1 aromatic heterocycles. The highest BCUT2D eigenvalue weighted by molar-refractivity contribution is 7.89. The molecular weight excluding hydrogens is 296 g/mol. The van der Waals surface area contributed by atoms with Crippen LogP contribution in [0, 0.1) is 0 Å². The fourth-order valence-electron chi connectivity index (χ4n) is 2.11. The Hall–Kier alpha value is -1.38. The molecule has 1 saturated carbocycles. The fraction of sp³-hybridized carbons (Fsp3) is 0.615. The van der Waals surface area contributed by atoms with Gasteiger partial charge in [-0.1, -0.05) is 0 Å². The average Bonchev–Trinajstić information content (AvgIpc) is 3.12. The highest BCUT2D eigenvalue weighted by atomic mass is 32.2. The van der Waals surface area contributed by atoms with E-state index in [9.17, 15) is 13.2 Å². The zero-order chi connectivity index (χ0) is 15.6. The monoisotopic (exact) mass is 316 g/mol. The van der Waals surface area contributed by atoms with Crippen LogP contribution >= 0.6 is 0 Å². The lowest BCUT2D eigenvalue weighted by Crippen LogP contribution is -2.25. The second-order valence-electron chi connectivity index (χ2n) is 5.39. The number of sulfonamides is 1. The van der Waals surface area contributed by atoms with E-state index in [2.05, 4.69) is 4.72 Å². The summed E-state index contributed by atoms with van der Waals surface area (Å²) in [6, 6.07) is 1.28. The van der Waals surface area contributed by atoms with Crippen molar-refractivity contribution in [2.24, 2.45) is 0 Å². The third kappa shape index (κ3) is 4.05. The van der Waals surface area contributed by atoms with Crippen LogP contribution in [-0.4, -0.2) is 41.8 Å². The van der Waals surface area contributed by atoms with E-state index < -0.39 is 22.1 Å². The Labute approximate surface area is 123 Å².